The number of amides is 1. The van der Waals surface area contributed by atoms with Gasteiger partial charge in [-0.1, -0.05) is 36.4 Å². The number of thioether (sulfide) groups is 1. The number of nitrogens with one attached hydrogen (secondary N) is 1. The van der Waals surface area contributed by atoms with E-state index in [2.05, 4.69) is 16.9 Å². The van der Waals surface area contributed by atoms with Crippen molar-refractivity contribution in [2.75, 3.05) is 5.75 Å². The van der Waals surface area contributed by atoms with Gasteiger partial charge in [0.1, 0.15) is 0 Å². The molecule has 0 bridgehead atoms. The van der Waals surface area contributed by atoms with Crippen molar-refractivity contribution in [1.82, 2.24) is 14.9 Å². The molecule has 1 N–H and O–H groups in total. The number of carbonyl (C=O) groups excluding carboxylic acids is 1. The van der Waals surface area contributed by atoms with E-state index in [0.717, 1.165) is 6.42 Å². The molecule has 0 saturated carbocycles. The number of allylic oxidation sites excluding steroid dienone is 1. The normalized spacial score (nSPS) is 12.1. The molecule has 0 saturated heterocycles. The summed E-state index contributed by atoms with van der Waals surface area (Å²) in [5.74, 6) is 0.123. The Morgan fingerprint density at radius 2 is 2.29 bits per heavy atom. The maximum atomic E-state index is 12.7. The molecule has 0 aliphatic rings. The molecule has 1 aromatic heterocycles. The number of fused-ring (bicyclic) bond motifs is 1. The highest BCUT2D eigenvalue weighted by Gasteiger charge is 2.13. The Bertz CT molecular complexity index is 819. The molecule has 0 radical (unpaired) electrons. The van der Waals surface area contributed by atoms with Crippen LogP contribution in [0, 0.1) is 0 Å². The van der Waals surface area contributed by atoms with Gasteiger partial charge in [0.05, 0.1) is 16.7 Å². The minimum atomic E-state index is -0.188. The Morgan fingerprint density at radius 3 is 2.96 bits per heavy atom. The van der Waals surface area contributed by atoms with Gasteiger partial charge in [0.15, 0.2) is 5.16 Å². The maximum Gasteiger partial charge on any atom is 0.262 e. The van der Waals surface area contributed by atoms with Crippen LogP contribution in [0.15, 0.2) is 40.8 Å². The lowest BCUT2D eigenvalue weighted by Gasteiger charge is -2.13. The summed E-state index contributed by atoms with van der Waals surface area (Å²) >= 11 is 7.21. The molecule has 1 atom stereocenters. The van der Waals surface area contributed by atoms with Crippen LogP contribution in [0.4, 0.5) is 0 Å². The lowest BCUT2D eigenvalue weighted by Crippen LogP contribution is -2.33. The first-order valence-electron chi connectivity index (χ1n) is 7.69. The molecule has 128 valence electrons. The Morgan fingerprint density at radius 1 is 1.54 bits per heavy atom. The predicted molar refractivity (Wildman–Crippen MR) is 99.8 cm³/mol. The molecule has 1 amide bonds. The van der Waals surface area contributed by atoms with Crippen molar-refractivity contribution in [3.8, 4) is 0 Å². The quantitative estimate of drug-likeness (QED) is 0.464. The molecule has 0 fully saturated rings. The largest absolute Gasteiger partial charge is 0.353 e. The first-order valence-corrected chi connectivity index (χ1v) is 9.05. The lowest BCUT2D eigenvalue weighted by atomic mass is 10.2. The van der Waals surface area contributed by atoms with Gasteiger partial charge in [-0.15, -0.1) is 6.58 Å². The summed E-state index contributed by atoms with van der Waals surface area (Å²) < 4.78 is 1.51. The van der Waals surface area contributed by atoms with Gasteiger partial charge in [-0.2, -0.15) is 0 Å². The molecule has 7 heteroatoms. The molecule has 2 rings (SSSR count). The van der Waals surface area contributed by atoms with Gasteiger partial charge >= 0.3 is 0 Å². The summed E-state index contributed by atoms with van der Waals surface area (Å²) in [6.07, 6.45) is 2.50. The molecule has 0 spiro atoms. The third-order valence-corrected chi connectivity index (χ3v) is 4.76. The third-order valence-electron chi connectivity index (χ3n) is 3.54. The van der Waals surface area contributed by atoms with Crippen molar-refractivity contribution in [2.24, 2.45) is 0 Å². The number of rotatable bonds is 7. The summed E-state index contributed by atoms with van der Waals surface area (Å²) in [5, 5.41) is 4.33. The number of hydrogen-bond donors (Lipinski definition) is 1. The van der Waals surface area contributed by atoms with E-state index in [1.807, 2.05) is 13.8 Å². The molecular weight excluding hydrogens is 346 g/mol. The SMILES string of the molecule is C=CCn1c(SCC(=O)N[C@H](C)CC)nc2ccc(Cl)cc2c1=O. The zero-order chi connectivity index (χ0) is 17.7. The van der Waals surface area contributed by atoms with Gasteiger partial charge in [-0.05, 0) is 31.5 Å². The second-order valence-electron chi connectivity index (χ2n) is 5.43. The molecule has 5 nitrogen and oxygen atoms in total. The Kier molecular flexibility index (Phi) is 6.45. The average Bonchev–Trinajstić information content (AvgIpc) is 2.56. The van der Waals surface area contributed by atoms with Crippen molar-refractivity contribution in [3.05, 3.63) is 46.2 Å². The van der Waals surface area contributed by atoms with E-state index in [0.29, 0.717) is 27.6 Å². The zero-order valence-electron chi connectivity index (χ0n) is 13.7. The second kappa shape index (κ2) is 8.35. The van der Waals surface area contributed by atoms with Crippen molar-refractivity contribution in [2.45, 2.75) is 38.0 Å². The van der Waals surface area contributed by atoms with Crippen LogP contribution in [-0.4, -0.2) is 27.3 Å². The number of halogens is 1. The maximum absolute atomic E-state index is 12.7. The minimum Gasteiger partial charge on any atom is -0.353 e. The predicted octanol–water partition coefficient (Wildman–Crippen LogP) is 3.24. The average molecular weight is 366 g/mol. The van der Waals surface area contributed by atoms with Crippen molar-refractivity contribution in [1.29, 1.82) is 0 Å². The van der Waals surface area contributed by atoms with Crippen LogP contribution in [0.2, 0.25) is 5.02 Å². The summed E-state index contributed by atoms with van der Waals surface area (Å²) in [6.45, 7) is 7.96. The number of carbonyl (C=O) groups is 1. The van der Waals surface area contributed by atoms with Gasteiger partial charge in [0.2, 0.25) is 5.91 Å². The summed E-state index contributed by atoms with van der Waals surface area (Å²) in [7, 11) is 0. The van der Waals surface area contributed by atoms with Crippen LogP contribution >= 0.6 is 23.4 Å². The first kappa shape index (κ1) is 18.5. The van der Waals surface area contributed by atoms with Gasteiger partial charge in [0.25, 0.3) is 5.56 Å². The fourth-order valence-electron chi connectivity index (χ4n) is 2.12. The number of hydrogen-bond acceptors (Lipinski definition) is 4. The topological polar surface area (TPSA) is 64.0 Å². The smallest absolute Gasteiger partial charge is 0.262 e. The summed E-state index contributed by atoms with van der Waals surface area (Å²) in [6, 6.07) is 5.13. The fraction of sp³-hybridized carbons (Fsp3) is 0.353. The Hall–Kier alpha value is -1.79. The van der Waals surface area contributed by atoms with E-state index < -0.39 is 0 Å². The van der Waals surface area contributed by atoms with Crippen LogP contribution in [0.1, 0.15) is 20.3 Å². The highest BCUT2D eigenvalue weighted by atomic mass is 35.5. The van der Waals surface area contributed by atoms with Crippen molar-refractivity contribution >= 4 is 40.2 Å². The monoisotopic (exact) mass is 365 g/mol. The van der Waals surface area contributed by atoms with Gasteiger partial charge in [0, 0.05) is 17.6 Å². The summed E-state index contributed by atoms with van der Waals surface area (Å²) in [4.78, 5) is 29.1. The molecule has 2 aromatic rings. The third kappa shape index (κ3) is 4.39. The minimum absolute atomic E-state index is 0.0787. The van der Waals surface area contributed by atoms with Crippen LogP contribution in [0.3, 0.4) is 0 Å². The summed E-state index contributed by atoms with van der Waals surface area (Å²) in [5.41, 5.74) is 0.377. The molecule has 1 heterocycles. The van der Waals surface area contributed by atoms with E-state index in [4.69, 9.17) is 11.6 Å². The zero-order valence-corrected chi connectivity index (χ0v) is 15.3. The Labute approximate surface area is 150 Å². The highest BCUT2D eigenvalue weighted by Crippen LogP contribution is 2.20. The van der Waals surface area contributed by atoms with Crippen LogP contribution < -0.4 is 10.9 Å². The Balaban J connectivity index is 2.33. The lowest BCUT2D eigenvalue weighted by molar-refractivity contribution is -0.119. The molecule has 24 heavy (non-hydrogen) atoms. The molecule has 0 unspecified atom stereocenters. The van der Waals surface area contributed by atoms with E-state index >= 15 is 0 Å². The molecular formula is C17H20ClN3O2S. The molecule has 1 aromatic carbocycles. The molecule has 0 aliphatic heterocycles. The van der Waals surface area contributed by atoms with Crippen LogP contribution in [0.25, 0.3) is 10.9 Å². The van der Waals surface area contributed by atoms with Gasteiger partial charge < -0.3 is 5.32 Å². The number of aromatic nitrogens is 2. The van der Waals surface area contributed by atoms with Gasteiger partial charge in [-0.25, -0.2) is 4.98 Å². The first-order chi connectivity index (χ1) is 11.5. The fourth-order valence-corrected chi connectivity index (χ4v) is 3.11. The van der Waals surface area contributed by atoms with Gasteiger partial charge in [-0.3, -0.25) is 14.2 Å². The van der Waals surface area contributed by atoms with Crippen molar-refractivity contribution < 1.29 is 4.79 Å². The van der Waals surface area contributed by atoms with Crippen LogP contribution in [-0.2, 0) is 11.3 Å². The van der Waals surface area contributed by atoms with E-state index in [1.54, 1.807) is 24.3 Å². The van der Waals surface area contributed by atoms with E-state index in [1.165, 1.54) is 16.3 Å². The second-order valence-corrected chi connectivity index (χ2v) is 6.80. The standard InChI is InChI=1S/C17H20ClN3O2S/c1-4-8-21-16(23)13-9-12(18)6-7-14(13)20-17(21)24-10-15(22)19-11(3)5-2/h4,6-7,9,11H,1,5,8,10H2,2-3H3,(H,19,22)/t11-/m1/s1. The molecule has 0 aliphatic carbocycles. The number of nitrogens with zero attached hydrogens (tertiary/aromatic N) is 2. The van der Waals surface area contributed by atoms with Crippen molar-refractivity contribution in [3.63, 3.8) is 0 Å². The van der Waals surface area contributed by atoms with Crippen LogP contribution in [0.5, 0.6) is 0 Å². The number of benzene rings is 1. The highest BCUT2D eigenvalue weighted by molar-refractivity contribution is 7.99. The van der Waals surface area contributed by atoms with E-state index in [-0.39, 0.29) is 23.3 Å². The van der Waals surface area contributed by atoms with E-state index in [9.17, 15) is 9.59 Å².